The van der Waals surface area contributed by atoms with E-state index >= 15 is 0 Å². The lowest BCUT2D eigenvalue weighted by atomic mass is 9.89. The van der Waals surface area contributed by atoms with Gasteiger partial charge in [0.15, 0.2) is 5.96 Å². The highest BCUT2D eigenvalue weighted by molar-refractivity contribution is 14.0. The molecular weight excluding hydrogens is 457 g/mol. The van der Waals surface area contributed by atoms with E-state index in [2.05, 4.69) is 54.1 Å². The smallest absolute Gasteiger partial charge is 0.191 e. The Labute approximate surface area is 180 Å². The van der Waals surface area contributed by atoms with Gasteiger partial charge in [0.2, 0.25) is 0 Å². The SMILES string of the molecule is CCNC(=NCC1CCCOC1c1ccccc1)NCCCCSC.I. The summed E-state index contributed by atoms with van der Waals surface area (Å²) in [4.78, 5) is 4.84. The third-order valence-corrected chi connectivity index (χ3v) is 5.17. The minimum atomic E-state index is 0. The van der Waals surface area contributed by atoms with Crippen LogP contribution in [0.15, 0.2) is 35.3 Å². The molecule has 0 bridgehead atoms. The second-order valence-corrected chi connectivity index (χ2v) is 7.44. The number of nitrogens with zero attached hydrogens (tertiary/aromatic N) is 1. The number of halogens is 1. The van der Waals surface area contributed by atoms with Gasteiger partial charge in [0.05, 0.1) is 6.10 Å². The van der Waals surface area contributed by atoms with Crippen LogP contribution in [0.4, 0.5) is 0 Å². The molecule has 1 heterocycles. The van der Waals surface area contributed by atoms with E-state index in [0.29, 0.717) is 5.92 Å². The standard InChI is InChI=1S/C20H33N3OS.HI/c1-3-21-20(22-13-7-8-15-25-2)23-16-18-12-9-14-24-19(18)17-10-5-4-6-11-17;/h4-6,10-11,18-19H,3,7-9,12-16H2,1-2H3,(H2,21,22,23);1H. The molecule has 6 heteroatoms. The van der Waals surface area contributed by atoms with E-state index in [1.54, 1.807) is 0 Å². The quantitative estimate of drug-likeness (QED) is 0.232. The van der Waals surface area contributed by atoms with E-state index in [9.17, 15) is 0 Å². The van der Waals surface area contributed by atoms with Gasteiger partial charge >= 0.3 is 0 Å². The topological polar surface area (TPSA) is 45.7 Å². The van der Waals surface area contributed by atoms with Gasteiger partial charge in [0.25, 0.3) is 0 Å². The Balaban J connectivity index is 0.00000338. The molecule has 1 aliphatic rings. The van der Waals surface area contributed by atoms with E-state index in [-0.39, 0.29) is 30.1 Å². The Bertz CT molecular complexity index is 501. The number of aliphatic imine (C=N–C) groups is 1. The Morgan fingerprint density at radius 1 is 1.23 bits per heavy atom. The van der Waals surface area contributed by atoms with Gasteiger partial charge in [-0.15, -0.1) is 24.0 Å². The molecule has 0 radical (unpaired) electrons. The summed E-state index contributed by atoms with van der Waals surface area (Å²) in [5.41, 5.74) is 1.28. The molecule has 1 aromatic rings. The predicted octanol–water partition coefficient (Wildman–Crippen LogP) is 4.47. The number of unbranched alkanes of at least 4 members (excludes halogenated alkanes) is 1. The van der Waals surface area contributed by atoms with Crippen molar-refractivity contribution in [3.05, 3.63) is 35.9 Å². The Morgan fingerprint density at radius 3 is 2.77 bits per heavy atom. The predicted molar refractivity (Wildman–Crippen MR) is 125 cm³/mol. The van der Waals surface area contributed by atoms with Crippen LogP contribution in [0, 0.1) is 5.92 Å². The molecule has 2 unspecified atom stereocenters. The molecule has 0 aromatic heterocycles. The first-order valence-electron chi connectivity index (χ1n) is 9.52. The lowest BCUT2D eigenvalue weighted by Gasteiger charge is -2.31. The molecule has 1 aromatic carbocycles. The van der Waals surface area contributed by atoms with Gasteiger partial charge in [-0.25, -0.2) is 0 Å². The zero-order chi connectivity index (χ0) is 17.7. The van der Waals surface area contributed by atoms with Gasteiger partial charge < -0.3 is 15.4 Å². The van der Waals surface area contributed by atoms with Crippen LogP contribution in [0.2, 0.25) is 0 Å². The van der Waals surface area contributed by atoms with E-state index < -0.39 is 0 Å². The highest BCUT2D eigenvalue weighted by Crippen LogP contribution is 2.33. The monoisotopic (exact) mass is 491 g/mol. The molecular formula is C20H34IN3OS. The van der Waals surface area contributed by atoms with Crippen LogP contribution in [0.3, 0.4) is 0 Å². The van der Waals surface area contributed by atoms with E-state index in [4.69, 9.17) is 9.73 Å². The minimum Gasteiger partial charge on any atom is -0.373 e. The second kappa shape index (κ2) is 14.6. The average molecular weight is 491 g/mol. The van der Waals surface area contributed by atoms with Crippen molar-refractivity contribution in [2.75, 3.05) is 38.2 Å². The molecule has 0 saturated carbocycles. The maximum atomic E-state index is 6.08. The Kier molecular flexibility index (Phi) is 13.2. The van der Waals surface area contributed by atoms with Crippen LogP contribution >= 0.6 is 35.7 Å². The van der Waals surface area contributed by atoms with Crippen molar-refractivity contribution < 1.29 is 4.74 Å². The van der Waals surface area contributed by atoms with Crippen molar-refractivity contribution in [1.82, 2.24) is 10.6 Å². The fourth-order valence-corrected chi connectivity index (χ4v) is 3.66. The van der Waals surface area contributed by atoms with Crippen LogP contribution in [0.1, 0.15) is 44.3 Å². The largest absolute Gasteiger partial charge is 0.373 e. The van der Waals surface area contributed by atoms with Crippen LogP contribution in [0.25, 0.3) is 0 Å². The second-order valence-electron chi connectivity index (χ2n) is 6.45. The van der Waals surface area contributed by atoms with Crippen LogP contribution < -0.4 is 10.6 Å². The summed E-state index contributed by atoms with van der Waals surface area (Å²) < 4.78 is 6.08. The van der Waals surface area contributed by atoms with Gasteiger partial charge in [0, 0.05) is 32.2 Å². The number of benzene rings is 1. The maximum absolute atomic E-state index is 6.08. The summed E-state index contributed by atoms with van der Waals surface area (Å²) in [6.45, 7) is 5.64. The first-order chi connectivity index (χ1) is 12.3. The number of nitrogens with one attached hydrogen (secondary N) is 2. The molecule has 1 aliphatic heterocycles. The molecule has 26 heavy (non-hydrogen) atoms. The third-order valence-electron chi connectivity index (χ3n) is 4.47. The number of thioether (sulfide) groups is 1. The van der Waals surface area contributed by atoms with Gasteiger partial charge in [-0.2, -0.15) is 11.8 Å². The van der Waals surface area contributed by atoms with Crippen molar-refractivity contribution in [2.24, 2.45) is 10.9 Å². The van der Waals surface area contributed by atoms with Crippen molar-refractivity contribution in [3.63, 3.8) is 0 Å². The van der Waals surface area contributed by atoms with Crippen molar-refractivity contribution >= 4 is 41.7 Å². The average Bonchev–Trinajstić information content (AvgIpc) is 2.67. The molecule has 0 amide bonds. The summed E-state index contributed by atoms with van der Waals surface area (Å²) >= 11 is 1.91. The normalized spacial score (nSPS) is 20.3. The van der Waals surface area contributed by atoms with Crippen LogP contribution in [-0.4, -0.2) is 44.2 Å². The summed E-state index contributed by atoms with van der Waals surface area (Å²) in [7, 11) is 0. The first kappa shape index (κ1) is 23.6. The molecule has 148 valence electrons. The van der Waals surface area contributed by atoms with Crippen LogP contribution in [-0.2, 0) is 4.74 Å². The molecule has 0 spiro atoms. The Hall–Kier alpha value is -0.470. The Morgan fingerprint density at radius 2 is 2.04 bits per heavy atom. The number of hydrogen-bond donors (Lipinski definition) is 2. The summed E-state index contributed by atoms with van der Waals surface area (Å²) in [6.07, 6.45) is 7.07. The van der Waals surface area contributed by atoms with Gasteiger partial charge in [-0.05, 0) is 50.2 Å². The minimum absolute atomic E-state index is 0. The van der Waals surface area contributed by atoms with Crippen LogP contribution in [0.5, 0.6) is 0 Å². The summed E-state index contributed by atoms with van der Waals surface area (Å²) in [5, 5.41) is 6.82. The zero-order valence-corrected chi connectivity index (χ0v) is 19.2. The highest BCUT2D eigenvalue weighted by Gasteiger charge is 2.27. The molecule has 2 atom stereocenters. The van der Waals surface area contributed by atoms with Gasteiger partial charge in [0.1, 0.15) is 0 Å². The van der Waals surface area contributed by atoms with Gasteiger partial charge in [-0.3, -0.25) is 4.99 Å². The fourth-order valence-electron chi connectivity index (χ4n) is 3.17. The molecule has 1 saturated heterocycles. The molecule has 0 aliphatic carbocycles. The number of guanidine groups is 1. The van der Waals surface area contributed by atoms with E-state index in [1.807, 2.05) is 11.8 Å². The van der Waals surface area contributed by atoms with E-state index in [0.717, 1.165) is 38.6 Å². The lowest BCUT2D eigenvalue weighted by molar-refractivity contribution is -0.0250. The lowest BCUT2D eigenvalue weighted by Crippen LogP contribution is -2.38. The zero-order valence-electron chi connectivity index (χ0n) is 16.1. The molecule has 4 nitrogen and oxygen atoms in total. The van der Waals surface area contributed by atoms with E-state index in [1.165, 1.54) is 30.6 Å². The molecule has 1 fully saturated rings. The molecule has 2 N–H and O–H groups in total. The van der Waals surface area contributed by atoms with Gasteiger partial charge in [-0.1, -0.05) is 30.3 Å². The number of ether oxygens (including phenoxy) is 1. The van der Waals surface area contributed by atoms with Crippen molar-refractivity contribution in [3.8, 4) is 0 Å². The summed E-state index contributed by atoms with van der Waals surface area (Å²) in [5.74, 6) is 2.61. The first-order valence-corrected chi connectivity index (χ1v) is 10.9. The molecule has 2 rings (SSSR count). The highest BCUT2D eigenvalue weighted by atomic mass is 127. The number of rotatable bonds is 9. The van der Waals surface area contributed by atoms with Crippen molar-refractivity contribution in [2.45, 2.75) is 38.7 Å². The fraction of sp³-hybridized carbons (Fsp3) is 0.650. The third kappa shape index (κ3) is 8.48. The summed E-state index contributed by atoms with van der Waals surface area (Å²) in [6, 6.07) is 10.6. The maximum Gasteiger partial charge on any atom is 0.191 e. The number of hydrogen-bond acceptors (Lipinski definition) is 3. The van der Waals surface area contributed by atoms with Crippen molar-refractivity contribution in [1.29, 1.82) is 0 Å².